The SMILES string of the molecule is CC.CC.CC.CC.CC.CC.CC.CC.CC.CC.CC.CC.CC.CC.c1ccc2ccccc2c1.c1ccc2ccccc2c1. The summed E-state index contributed by atoms with van der Waals surface area (Å²) < 4.78 is 0. The van der Waals surface area contributed by atoms with Crippen LogP contribution in [0.1, 0.15) is 194 Å². The molecule has 0 bridgehead atoms. The largest absolute Gasteiger partial charge is 0.0683 e. The van der Waals surface area contributed by atoms with E-state index >= 15 is 0 Å². The molecule has 0 spiro atoms. The lowest BCUT2D eigenvalue weighted by atomic mass is 10.1. The van der Waals surface area contributed by atoms with Gasteiger partial charge in [0.05, 0.1) is 0 Å². The van der Waals surface area contributed by atoms with Crippen LogP contribution in [0, 0.1) is 0 Å². The van der Waals surface area contributed by atoms with Crippen molar-refractivity contribution in [1.82, 2.24) is 0 Å². The minimum absolute atomic E-state index is 1.31. The molecule has 0 atom stereocenters. The van der Waals surface area contributed by atoms with E-state index in [-0.39, 0.29) is 0 Å². The molecule has 0 unspecified atom stereocenters. The van der Waals surface area contributed by atoms with E-state index in [1.54, 1.807) is 0 Å². The van der Waals surface area contributed by atoms with Gasteiger partial charge < -0.3 is 0 Å². The van der Waals surface area contributed by atoms with Gasteiger partial charge in [0.2, 0.25) is 0 Å². The van der Waals surface area contributed by atoms with Gasteiger partial charge in [0.1, 0.15) is 0 Å². The first-order chi connectivity index (χ1) is 23.9. The number of fused-ring (bicyclic) bond motifs is 2. The van der Waals surface area contributed by atoms with Crippen molar-refractivity contribution in [3.05, 3.63) is 97.1 Å². The Morgan fingerprint density at radius 3 is 0.271 bits per heavy atom. The molecule has 4 aromatic rings. The number of hydrogen-bond acceptors (Lipinski definition) is 0. The van der Waals surface area contributed by atoms with Crippen LogP contribution >= 0.6 is 0 Å². The van der Waals surface area contributed by atoms with Crippen molar-refractivity contribution in [2.24, 2.45) is 0 Å². The first-order valence-corrected chi connectivity index (χ1v) is 20.8. The molecule has 292 valence electrons. The highest BCUT2D eigenvalue weighted by atomic mass is 13.9. The van der Waals surface area contributed by atoms with Crippen LogP contribution < -0.4 is 0 Å². The van der Waals surface area contributed by atoms with Gasteiger partial charge in [-0.15, -0.1) is 0 Å². The third-order valence-electron chi connectivity index (χ3n) is 3.32. The highest BCUT2D eigenvalue weighted by molar-refractivity contribution is 5.82. The molecule has 0 heterocycles. The van der Waals surface area contributed by atoms with Crippen molar-refractivity contribution >= 4 is 21.5 Å². The van der Waals surface area contributed by atoms with Gasteiger partial charge in [0.15, 0.2) is 0 Å². The maximum Gasteiger partial charge on any atom is -0.0184 e. The van der Waals surface area contributed by atoms with E-state index in [0.717, 1.165) is 0 Å². The smallest absolute Gasteiger partial charge is 0.0184 e. The highest BCUT2D eigenvalue weighted by Crippen LogP contribution is 2.12. The predicted octanol–water partition coefficient (Wildman–Crippen LogP) is 20.0. The average Bonchev–Trinajstić information content (AvgIpc) is 3.28. The van der Waals surface area contributed by atoms with Crippen molar-refractivity contribution in [1.29, 1.82) is 0 Å². The monoisotopic (exact) mass is 677 g/mol. The van der Waals surface area contributed by atoms with Crippen molar-refractivity contribution in [2.75, 3.05) is 0 Å². The minimum Gasteiger partial charge on any atom is -0.0683 e. The second-order valence-corrected chi connectivity index (χ2v) is 4.69. The quantitative estimate of drug-likeness (QED) is 0.174. The van der Waals surface area contributed by atoms with E-state index in [4.69, 9.17) is 0 Å². The molecule has 0 amide bonds. The van der Waals surface area contributed by atoms with Crippen LogP contribution in [0.4, 0.5) is 0 Å². The zero-order valence-corrected chi connectivity index (χ0v) is 39.2. The van der Waals surface area contributed by atoms with Crippen LogP contribution in [0.25, 0.3) is 21.5 Å². The number of hydrogen-bond donors (Lipinski definition) is 0. The molecule has 48 heavy (non-hydrogen) atoms. The summed E-state index contributed by atoms with van der Waals surface area (Å²) in [4.78, 5) is 0. The summed E-state index contributed by atoms with van der Waals surface area (Å²) in [6, 6.07) is 33.4. The fourth-order valence-electron chi connectivity index (χ4n) is 2.27. The summed E-state index contributed by atoms with van der Waals surface area (Å²) in [5.41, 5.74) is 0. The normalized spacial score (nSPS) is 5.92. The Morgan fingerprint density at radius 1 is 0.146 bits per heavy atom. The molecule has 0 nitrogen and oxygen atoms in total. The highest BCUT2D eigenvalue weighted by Gasteiger charge is 1.86. The molecule has 0 heteroatoms. The van der Waals surface area contributed by atoms with E-state index in [0.29, 0.717) is 0 Å². The molecule has 0 saturated carbocycles. The van der Waals surface area contributed by atoms with Crippen molar-refractivity contribution in [3.8, 4) is 0 Å². The standard InChI is InChI=1S/2C10H8.14C2H6/c2*1-2-6-10-8-4-3-7-9(10)5-1;14*1-2/h2*1-8H;14*1-2H3. The first-order valence-electron chi connectivity index (χ1n) is 20.8. The second-order valence-electron chi connectivity index (χ2n) is 4.69. The number of rotatable bonds is 0. The Balaban J connectivity index is -0.0000000318. The molecule has 4 rings (SSSR count). The van der Waals surface area contributed by atoms with Crippen LogP contribution in [0.15, 0.2) is 97.1 Å². The summed E-state index contributed by atoms with van der Waals surface area (Å²) in [6.45, 7) is 56.0. The molecular weight excluding hydrogens is 577 g/mol. The Kier molecular flexibility index (Phi) is 217. The summed E-state index contributed by atoms with van der Waals surface area (Å²) in [5.74, 6) is 0. The van der Waals surface area contributed by atoms with E-state index in [1.807, 2.05) is 194 Å². The van der Waals surface area contributed by atoms with Gasteiger partial charge in [-0.2, -0.15) is 0 Å². The molecule has 0 radical (unpaired) electrons. The molecule has 0 aromatic heterocycles. The van der Waals surface area contributed by atoms with E-state index in [1.165, 1.54) is 21.5 Å². The Bertz CT molecular complexity index is 613. The predicted molar refractivity (Wildman–Crippen MR) is 247 cm³/mol. The summed E-state index contributed by atoms with van der Waals surface area (Å²) in [6.07, 6.45) is 0. The molecule has 0 aliphatic heterocycles. The summed E-state index contributed by atoms with van der Waals surface area (Å²) in [5, 5.41) is 5.24. The fraction of sp³-hybridized carbons (Fsp3) is 0.583. The van der Waals surface area contributed by atoms with Crippen LogP contribution in [-0.4, -0.2) is 0 Å². The number of benzene rings is 4. The van der Waals surface area contributed by atoms with E-state index < -0.39 is 0 Å². The van der Waals surface area contributed by atoms with Crippen molar-refractivity contribution in [3.63, 3.8) is 0 Å². The molecule has 4 aromatic carbocycles. The maximum absolute atomic E-state index is 2.12. The average molecular weight is 677 g/mol. The molecule has 0 aliphatic rings. The molecule has 0 saturated heterocycles. The Labute approximate surface area is 311 Å². The lowest BCUT2D eigenvalue weighted by Gasteiger charge is -1.92. The Morgan fingerprint density at radius 2 is 0.208 bits per heavy atom. The van der Waals surface area contributed by atoms with Crippen LogP contribution in [0.5, 0.6) is 0 Å². The summed E-state index contributed by atoms with van der Waals surface area (Å²) >= 11 is 0. The van der Waals surface area contributed by atoms with Gasteiger partial charge >= 0.3 is 0 Å². The first kappa shape index (κ1) is 80.2. The minimum atomic E-state index is 1.31. The fourth-order valence-corrected chi connectivity index (χ4v) is 2.27. The van der Waals surface area contributed by atoms with Gasteiger partial charge in [0.25, 0.3) is 0 Å². The van der Waals surface area contributed by atoms with Crippen molar-refractivity contribution in [2.45, 2.75) is 194 Å². The van der Waals surface area contributed by atoms with Crippen molar-refractivity contribution < 1.29 is 0 Å². The maximum atomic E-state index is 2.12. The van der Waals surface area contributed by atoms with Gasteiger partial charge in [-0.3, -0.25) is 0 Å². The van der Waals surface area contributed by atoms with Crippen LogP contribution in [0.2, 0.25) is 0 Å². The van der Waals surface area contributed by atoms with Crippen LogP contribution in [-0.2, 0) is 0 Å². The zero-order chi connectivity index (χ0) is 41.6. The molecular formula is C48H100. The van der Waals surface area contributed by atoms with Gasteiger partial charge in [-0.25, -0.2) is 0 Å². The second kappa shape index (κ2) is 130. The van der Waals surface area contributed by atoms with Gasteiger partial charge in [-0.05, 0) is 21.5 Å². The zero-order valence-electron chi connectivity index (χ0n) is 39.2. The lowest BCUT2D eigenvalue weighted by Crippen LogP contribution is -1.67. The van der Waals surface area contributed by atoms with Gasteiger partial charge in [-0.1, -0.05) is 291 Å². The third kappa shape index (κ3) is 69.9. The van der Waals surface area contributed by atoms with E-state index in [2.05, 4.69) is 97.1 Å². The topological polar surface area (TPSA) is 0 Å². The van der Waals surface area contributed by atoms with Gasteiger partial charge in [0, 0.05) is 0 Å². The molecule has 0 fully saturated rings. The summed E-state index contributed by atoms with van der Waals surface area (Å²) in [7, 11) is 0. The third-order valence-corrected chi connectivity index (χ3v) is 3.32. The Hall–Kier alpha value is -2.60. The van der Waals surface area contributed by atoms with E-state index in [9.17, 15) is 0 Å². The molecule has 0 N–H and O–H groups in total. The molecule has 0 aliphatic carbocycles. The van der Waals surface area contributed by atoms with Crippen LogP contribution in [0.3, 0.4) is 0 Å². The lowest BCUT2D eigenvalue weighted by molar-refractivity contribution is 1.50.